The highest BCUT2D eigenvalue weighted by Crippen LogP contribution is 2.12. The predicted molar refractivity (Wildman–Crippen MR) is 110 cm³/mol. The molecular formula is C22H29N3O2. The number of amides is 2. The Morgan fingerprint density at radius 2 is 1.59 bits per heavy atom. The molecular weight excluding hydrogens is 338 g/mol. The van der Waals surface area contributed by atoms with Gasteiger partial charge in [-0.15, -0.1) is 0 Å². The zero-order chi connectivity index (χ0) is 19.8. The number of hydrogen-bond donors (Lipinski definition) is 2. The average Bonchev–Trinajstić information content (AvgIpc) is 2.67. The van der Waals surface area contributed by atoms with Crippen molar-refractivity contribution in [1.29, 1.82) is 0 Å². The zero-order valence-corrected chi connectivity index (χ0v) is 16.5. The van der Waals surface area contributed by atoms with E-state index < -0.39 is 0 Å². The molecule has 0 aliphatic heterocycles. The van der Waals surface area contributed by atoms with E-state index in [4.69, 9.17) is 0 Å². The van der Waals surface area contributed by atoms with Crippen LogP contribution in [-0.2, 0) is 11.2 Å². The van der Waals surface area contributed by atoms with Crippen LogP contribution in [0.2, 0.25) is 0 Å². The molecule has 0 saturated heterocycles. The third-order valence-electron chi connectivity index (χ3n) is 4.41. The number of carbonyl (C=O) groups excluding carboxylic acids is 2. The lowest BCUT2D eigenvalue weighted by atomic mass is 10.1. The molecule has 0 aliphatic rings. The van der Waals surface area contributed by atoms with Crippen LogP contribution in [0, 0.1) is 0 Å². The summed E-state index contributed by atoms with van der Waals surface area (Å²) in [5.41, 5.74) is 2.71. The summed E-state index contributed by atoms with van der Waals surface area (Å²) in [7, 11) is 3.44. The van der Waals surface area contributed by atoms with Crippen molar-refractivity contribution in [2.75, 3.05) is 19.4 Å². The van der Waals surface area contributed by atoms with Crippen LogP contribution in [0.15, 0.2) is 54.6 Å². The Morgan fingerprint density at radius 3 is 2.19 bits per heavy atom. The van der Waals surface area contributed by atoms with E-state index in [1.54, 1.807) is 26.2 Å². The molecule has 5 nitrogen and oxygen atoms in total. The standard InChI is InChI=1S/C22H29N3O2/c1-16(10-11-18-8-6-5-7-9-18)23-21(26)17(2)24-20-14-12-19(13-15-20)22(27)25(3)4/h5-9,12-17,24H,10-11H2,1-4H3,(H,23,26)/t16-,17-/m1/s1. The van der Waals surface area contributed by atoms with Gasteiger partial charge >= 0.3 is 0 Å². The molecule has 2 N–H and O–H groups in total. The van der Waals surface area contributed by atoms with E-state index in [1.165, 1.54) is 10.5 Å². The maximum absolute atomic E-state index is 12.4. The Bertz CT molecular complexity index is 742. The van der Waals surface area contributed by atoms with E-state index in [0.717, 1.165) is 18.5 Å². The molecule has 0 aliphatic carbocycles. The molecule has 0 unspecified atom stereocenters. The number of aryl methyl sites for hydroxylation is 1. The molecule has 0 radical (unpaired) electrons. The van der Waals surface area contributed by atoms with Gasteiger partial charge in [0.1, 0.15) is 6.04 Å². The topological polar surface area (TPSA) is 61.4 Å². The Balaban J connectivity index is 1.81. The fraction of sp³-hybridized carbons (Fsp3) is 0.364. The molecule has 2 rings (SSSR count). The second kappa shape index (κ2) is 9.76. The number of hydrogen-bond acceptors (Lipinski definition) is 3. The molecule has 0 aromatic heterocycles. The molecule has 2 aromatic rings. The summed E-state index contributed by atoms with van der Waals surface area (Å²) in [6, 6.07) is 17.2. The molecule has 0 fully saturated rings. The number of anilines is 1. The molecule has 0 saturated carbocycles. The predicted octanol–water partition coefficient (Wildman–Crippen LogP) is 3.33. The van der Waals surface area contributed by atoms with Gasteiger partial charge < -0.3 is 15.5 Å². The highest BCUT2D eigenvalue weighted by atomic mass is 16.2. The summed E-state index contributed by atoms with van der Waals surface area (Å²) in [5.74, 6) is -0.0800. The van der Waals surface area contributed by atoms with Crippen molar-refractivity contribution in [2.45, 2.75) is 38.8 Å². The van der Waals surface area contributed by atoms with Crippen LogP contribution in [0.5, 0.6) is 0 Å². The minimum Gasteiger partial charge on any atom is -0.374 e. The van der Waals surface area contributed by atoms with Crippen LogP contribution in [0.3, 0.4) is 0 Å². The van der Waals surface area contributed by atoms with Crippen molar-refractivity contribution < 1.29 is 9.59 Å². The van der Waals surface area contributed by atoms with Crippen LogP contribution < -0.4 is 10.6 Å². The Morgan fingerprint density at radius 1 is 0.963 bits per heavy atom. The molecule has 0 spiro atoms. The van der Waals surface area contributed by atoms with Gasteiger partial charge in [0.05, 0.1) is 0 Å². The highest BCUT2D eigenvalue weighted by molar-refractivity contribution is 5.94. The first-order valence-electron chi connectivity index (χ1n) is 9.29. The number of nitrogens with zero attached hydrogens (tertiary/aromatic N) is 1. The monoisotopic (exact) mass is 367 g/mol. The third kappa shape index (κ3) is 6.44. The van der Waals surface area contributed by atoms with Gasteiger partial charge in [0, 0.05) is 31.4 Å². The fourth-order valence-electron chi connectivity index (χ4n) is 2.75. The number of nitrogens with one attached hydrogen (secondary N) is 2. The molecule has 2 amide bonds. The minimum absolute atomic E-state index is 0.0380. The molecule has 0 bridgehead atoms. The largest absolute Gasteiger partial charge is 0.374 e. The van der Waals surface area contributed by atoms with E-state index >= 15 is 0 Å². The van der Waals surface area contributed by atoms with Gasteiger partial charge in [-0.05, 0) is 56.5 Å². The van der Waals surface area contributed by atoms with E-state index in [0.29, 0.717) is 5.56 Å². The summed E-state index contributed by atoms with van der Waals surface area (Å²) in [6.07, 6.45) is 1.83. The summed E-state index contributed by atoms with van der Waals surface area (Å²) < 4.78 is 0. The zero-order valence-electron chi connectivity index (χ0n) is 16.5. The van der Waals surface area contributed by atoms with Crippen LogP contribution >= 0.6 is 0 Å². The van der Waals surface area contributed by atoms with Gasteiger partial charge in [-0.2, -0.15) is 0 Å². The van der Waals surface area contributed by atoms with Crippen LogP contribution in [0.25, 0.3) is 0 Å². The van der Waals surface area contributed by atoms with Crippen LogP contribution in [-0.4, -0.2) is 42.9 Å². The summed E-state index contributed by atoms with van der Waals surface area (Å²) in [6.45, 7) is 3.85. The van der Waals surface area contributed by atoms with Gasteiger partial charge in [0.15, 0.2) is 0 Å². The first kappa shape index (κ1) is 20.5. The molecule has 5 heteroatoms. The second-order valence-electron chi connectivity index (χ2n) is 7.08. The van der Waals surface area contributed by atoms with E-state index in [9.17, 15) is 9.59 Å². The lowest BCUT2D eigenvalue weighted by molar-refractivity contribution is -0.122. The molecule has 27 heavy (non-hydrogen) atoms. The van der Waals surface area contributed by atoms with Gasteiger partial charge in [-0.25, -0.2) is 0 Å². The molecule has 2 aromatic carbocycles. The quantitative estimate of drug-likeness (QED) is 0.752. The smallest absolute Gasteiger partial charge is 0.253 e. The number of benzene rings is 2. The lowest BCUT2D eigenvalue weighted by Gasteiger charge is -2.19. The fourth-order valence-corrected chi connectivity index (χ4v) is 2.75. The Hall–Kier alpha value is -2.82. The van der Waals surface area contributed by atoms with Gasteiger partial charge in [-0.1, -0.05) is 30.3 Å². The maximum atomic E-state index is 12.4. The van der Waals surface area contributed by atoms with Gasteiger partial charge in [-0.3, -0.25) is 9.59 Å². The van der Waals surface area contributed by atoms with Crippen molar-refractivity contribution in [3.8, 4) is 0 Å². The van der Waals surface area contributed by atoms with Crippen molar-refractivity contribution in [3.05, 3.63) is 65.7 Å². The lowest BCUT2D eigenvalue weighted by Crippen LogP contribution is -2.42. The molecule has 144 valence electrons. The molecule has 0 heterocycles. The minimum atomic E-state index is -0.362. The average molecular weight is 367 g/mol. The van der Waals surface area contributed by atoms with Crippen LogP contribution in [0.4, 0.5) is 5.69 Å². The number of rotatable bonds is 8. The van der Waals surface area contributed by atoms with Crippen LogP contribution in [0.1, 0.15) is 36.2 Å². The van der Waals surface area contributed by atoms with Crippen molar-refractivity contribution in [3.63, 3.8) is 0 Å². The first-order chi connectivity index (χ1) is 12.9. The van der Waals surface area contributed by atoms with E-state index in [1.807, 2.05) is 44.2 Å². The normalized spacial score (nSPS) is 12.7. The summed E-state index contributed by atoms with van der Waals surface area (Å²) in [4.78, 5) is 25.8. The van der Waals surface area contributed by atoms with Crippen molar-refractivity contribution >= 4 is 17.5 Å². The van der Waals surface area contributed by atoms with Crippen molar-refractivity contribution in [1.82, 2.24) is 10.2 Å². The van der Waals surface area contributed by atoms with Crippen molar-refractivity contribution in [2.24, 2.45) is 0 Å². The van der Waals surface area contributed by atoms with Gasteiger partial charge in [0.2, 0.25) is 5.91 Å². The van der Waals surface area contributed by atoms with Gasteiger partial charge in [0.25, 0.3) is 5.91 Å². The first-order valence-corrected chi connectivity index (χ1v) is 9.29. The van der Waals surface area contributed by atoms with E-state index in [2.05, 4.69) is 22.8 Å². The third-order valence-corrected chi connectivity index (χ3v) is 4.41. The molecule has 2 atom stereocenters. The summed E-state index contributed by atoms with van der Waals surface area (Å²) in [5, 5.41) is 6.23. The van der Waals surface area contributed by atoms with E-state index in [-0.39, 0.29) is 23.9 Å². The maximum Gasteiger partial charge on any atom is 0.253 e. The number of carbonyl (C=O) groups is 2. The highest BCUT2D eigenvalue weighted by Gasteiger charge is 2.15. The SMILES string of the molecule is C[C@H](CCc1ccccc1)NC(=O)[C@@H](C)Nc1ccc(C(=O)N(C)C)cc1. The Kier molecular flexibility index (Phi) is 7.41. The Labute approximate surface area is 161 Å². The summed E-state index contributed by atoms with van der Waals surface area (Å²) >= 11 is 0. The second-order valence-corrected chi connectivity index (χ2v) is 7.08.